The van der Waals surface area contributed by atoms with E-state index in [1.165, 1.54) is 11.5 Å². The molecule has 0 aromatic carbocycles. The van der Waals surface area contributed by atoms with Gasteiger partial charge in [-0.25, -0.2) is 9.78 Å². The van der Waals surface area contributed by atoms with Crippen LogP contribution in [0.5, 0.6) is 0 Å². The van der Waals surface area contributed by atoms with Gasteiger partial charge >= 0.3 is 5.91 Å². The van der Waals surface area contributed by atoms with Crippen LogP contribution in [0.1, 0.15) is 11.7 Å². The van der Waals surface area contributed by atoms with Gasteiger partial charge < -0.3 is 12.4 Å². The summed E-state index contributed by atoms with van der Waals surface area (Å²) in [7, 11) is 0. The predicted octanol–water partition coefficient (Wildman–Crippen LogP) is -3.03. The molecule has 0 saturated carbocycles. The monoisotopic (exact) mass is 146 g/mol. The molecule has 0 aliphatic heterocycles. The molecule has 1 aromatic rings. The molecule has 0 aliphatic rings. The number of imidazole rings is 1. The molecule has 1 aromatic heterocycles. The van der Waals surface area contributed by atoms with Gasteiger partial charge in [0.25, 0.3) is 0 Å². The van der Waals surface area contributed by atoms with E-state index in [2.05, 4.69) is 4.98 Å². The highest BCUT2D eigenvalue weighted by molar-refractivity contribution is 5.75. The second-order valence-corrected chi connectivity index (χ2v) is 1.54. The van der Waals surface area contributed by atoms with E-state index < -0.39 is 0 Å². The zero-order valence-electron chi connectivity index (χ0n) is 4.97. The largest absolute Gasteiger partial charge is 1.00 e. The molecule has 9 heavy (non-hydrogen) atoms. The van der Waals surface area contributed by atoms with Crippen molar-refractivity contribution in [2.75, 3.05) is 0 Å². The standard InChI is InChI=1S/C5H6N2O.ClH/c1-5(8)7-3-2-6-4-7;/h2-4H,1H3;1H. The molecular weight excluding hydrogens is 140 g/mol. The number of aromatic nitrogens is 2. The lowest BCUT2D eigenvalue weighted by Gasteiger charge is -1.78. The number of halogens is 1. The SMILES string of the molecule is CC(=O)n1cc[nH+]c1.[Cl-]. The van der Waals surface area contributed by atoms with Gasteiger partial charge in [0, 0.05) is 6.92 Å². The fourth-order valence-electron chi connectivity index (χ4n) is 0.486. The van der Waals surface area contributed by atoms with Crippen LogP contribution >= 0.6 is 0 Å². The first-order valence-corrected chi connectivity index (χ1v) is 2.35. The van der Waals surface area contributed by atoms with E-state index in [0.717, 1.165) is 0 Å². The molecule has 0 amide bonds. The minimum Gasteiger partial charge on any atom is -1.00 e. The summed E-state index contributed by atoms with van der Waals surface area (Å²) < 4.78 is 1.47. The Hall–Kier alpha value is -0.830. The van der Waals surface area contributed by atoms with Crippen LogP contribution in [0.25, 0.3) is 0 Å². The molecule has 1 rings (SSSR count). The number of nitrogens with one attached hydrogen (secondary N) is 1. The Morgan fingerprint density at radius 2 is 2.33 bits per heavy atom. The predicted molar refractivity (Wildman–Crippen MR) is 27.3 cm³/mol. The Bertz CT molecular complexity index is 183. The molecule has 4 heteroatoms. The summed E-state index contributed by atoms with van der Waals surface area (Å²) in [6.07, 6.45) is 4.96. The smallest absolute Gasteiger partial charge is 0.310 e. The van der Waals surface area contributed by atoms with Crippen LogP contribution in [0.15, 0.2) is 18.7 Å². The van der Waals surface area contributed by atoms with Gasteiger partial charge in [-0.2, -0.15) is 4.57 Å². The van der Waals surface area contributed by atoms with Crippen LogP contribution in [0.4, 0.5) is 0 Å². The van der Waals surface area contributed by atoms with E-state index in [4.69, 9.17) is 0 Å². The van der Waals surface area contributed by atoms with Crippen molar-refractivity contribution in [3.8, 4) is 0 Å². The lowest BCUT2D eigenvalue weighted by Crippen LogP contribution is -3.00. The van der Waals surface area contributed by atoms with Gasteiger partial charge in [0.15, 0.2) is 0 Å². The zero-order chi connectivity index (χ0) is 5.98. The second kappa shape index (κ2) is 3.25. The van der Waals surface area contributed by atoms with Gasteiger partial charge in [0.2, 0.25) is 6.33 Å². The zero-order valence-corrected chi connectivity index (χ0v) is 5.72. The third kappa shape index (κ3) is 1.85. The fraction of sp³-hybridized carbons (Fsp3) is 0.200. The van der Waals surface area contributed by atoms with Crippen molar-refractivity contribution in [2.45, 2.75) is 6.92 Å². The number of aromatic amines is 1. The third-order valence-corrected chi connectivity index (χ3v) is 0.909. The summed E-state index contributed by atoms with van der Waals surface area (Å²) in [5.41, 5.74) is 0. The molecule has 0 aliphatic carbocycles. The third-order valence-electron chi connectivity index (χ3n) is 0.909. The minimum atomic E-state index is 0. The summed E-state index contributed by atoms with van der Waals surface area (Å²) >= 11 is 0. The van der Waals surface area contributed by atoms with Crippen molar-refractivity contribution in [1.82, 2.24) is 4.57 Å². The van der Waals surface area contributed by atoms with Crippen LogP contribution in [0.2, 0.25) is 0 Å². The van der Waals surface area contributed by atoms with Crippen molar-refractivity contribution in [2.24, 2.45) is 0 Å². The maximum absolute atomic E-state index is 10.4. The molecule has 50 valence electrons. The van der Waals surface area contributed by atoms with Gasteiger partial charge in [-0.05, 0) is 0 Å². The lowest BCUT2D eigenvalue weighted by molar-refractivity contribution is -0.376. The molecule has 0 unspecified atom stereocenters. The van der Waals surface area contributed by atoms with Crippen LogP contribution in [0.3, 0.4) is 0 Å². The van der Waals surface area contributed by atoms with E-state index >= 15 is 0 Å². The average molecular weight is 147 g/mol. The Kier molecular flexibility index (Phi) is 2.95. The van der Waals surface area contributed by atoms with Crippen LogP contribution < -0.4 is 17.4 Å². The second-order valence-electron chi connectivity index (χ2n) is 1.54. The van der Waals surface area contributed by atoms with Gasteiger partial charge in [-0.1, -0.05) is 0 Å². The van der Waals surface area contributed by atoms with Crippen molar-refractivity contribution in [3.05, 3.63) is 18.7 Å². The maximum Gasteiger partial charge on any atom is 0.310 e. The number of hydrogen-bond acceptors (Lipinski definition) is 1. The van der Waals surface area contributed by atoms with Crippen molar-refractivity contribution < 1.29 is 22.2 Å². The summed E-state index contributed by atoms with van der Waals surface area (Å²) in [6.45, 7) is 1.51. The highest BCUT2D eigenvalue weighted by Crippen LogP contribution is 1.78. The van der Waals surface area contributed by atoms with Crippen molar-refractivity contribution in [1.29, 1.82) is 0 Å². The highest BCUT2D eigenvalue weighted by Gasteiger charge is 1.98. The molecule has 0 saturated heterocycles. The van der Waals surface area contributed by atoms with Gasteiger partial charge in [-0.3, -0.25) is 0 Å². The Balaban J connectivity index is 0.000000640. The number of H-pyrrole nitrogens is 1. The van der Waals surface area contributed by atoms with E-state index in [1.54, 1.807) is 18.7 Å². The molecule has 0 radical (unpaired) electrons. The summed E-state index contributed by atoms with van der Waals surface area (Å²) in [6, 6.07) is 0. The fourth-order valence-corrected chi connectivity index (χ4v) is 0.486. The van der Waals surface area contributed by atoms with Crippen molar-refractivity contribution >= 4 is 5.91 Å². The summed E-state index contributed by atoms with van der Waals surface area (Å²) in [4.78, 5) is 13.2. The molecular formula is C5H7ClN2O. The van der Waals surface area contributed by atoms with E-state index in [-0.39, 0.29) is 18.3 Å². The van der Waals surface area contributed by atoms with Crippen LogP contribution in [-0.4, -0.2) is 10.5 Å². The first-order chi connectivity index (χ1) is 3.80. The Morgan fingerprint density at radius 1 is 1.67 bits per heavy atom. The molecule has 0 atom stereocenters. The summed E-state index contributed by atoms with van der Waals surface area (Å²) in [5.74, 6) is 0.0197. The normalized spacial score (nSPS) is 8.11. The van der Waals surface area contributed by atoms with Crippen LogP contribution in [0, 0.1) is 0 Å². The Morgan fingerprint density at radius 3 is 2.56 bits per heavy atom. The minimum absolute atomic E-state index is 0. The molecule has 0 bridgehead atoms. The first-order valence-electron chi connectivity index (χ1n) is 2.35. The molecule has 1 N–H and O–H groups in total. The molecule has 3 nitrogen and oxygen atoms in total. The number of nitrogens with zero attached hydrogens (tertiary/aromatic N) is 1. The number of hydrogen-bond donors (Lipinski definition) is 0. The van der Waals surface area contributed by atoms with Gasteiger partial charge in [0.1, 0.15) is 12.4 Å². The average Bonchev–Trinajstić information content (AvgIpc) is 2.12. The van der Waals surface area contributed by atoms with Gasteiger partial charge in [-0.15, -0.1) is 0 Å². The number of rotatable bonds is 0. The molecule has 1 heterocycles. The number of carbonyl (C=O) groups excluding carboxylic acids is 1. The molecule has 0 spiro atoms. The number of carbonyl (C=O) groups is 1. The van der Waals surface area contributed by atoms with E-state index in [0.29, 0.717) is 0 Å². The van der Waals surface area contributed by atoms with Crippen molar-refractivity contribution in [3.63, 3.8) is 0 Å². The Labute approximate surface area is 59.1 Å². The lowest BCUT2D eigenvalue weighted by atomic mass is 10.7. The summed E-state index contributed by atoms with van der Waals surface area (Å²) in [5, 5.41) is 0. The van der Waals surface area contributed by atoms with E-state index in [9.17, 15) is 4.79 Å². The van der Waals surface area contributed by atoms with Crippen LogP contribution in [-0.2, 0) is 0 Å². The highest BCUT2D eigenvalue weighted by atomic mass is 35.5. The van der Waals surface area contributed by atoms with Gasteiger partial charge in [0.05, 0.1) is 0 Å². The molecule has 0 fully saturated rings. The first kappa shape index (κ1) is 8.17. The quantitative estimate of drug-likeness (QED) is 0.384. The van der Waals surface area contributed by atoms with E-state index in [1.807, 2.05) is 0 Å². The topological polar surface area (TPSA) is 36.1 Å². The maximum atomic E-state index is 10.4.